The molecule has 5 nitrogen and oxygen atoms in total. The topological polar surface area (TPSA) is 76.5 Å². The molecule has 0 amide bonds. The number of aliphatic hydroxyl groups excluding tert-OH is 1. The number of rotatable bonds is 11. The summed E-state index contributed by atoms with van der Waals surface area (Å²) >= 11 is 0. The van der Waals surface area contributed by atoms with Crippen molar-refractivity contribution in [3.63, 3.8) is 0 Å². The minimum Gasteiger partial charge on any atom is -0.512 e. The summed E-state index contributed by atoms with van der Waals surface area (Å²) in [7, 11) is 0. The third-order valence-electron chi connectivity index (χ3n) is 11.8. The van der Waals surface area contributed by atoms with Crippen molar-refractivity contribution in [2.45, 2.75) is 121 Å². The maximum Gasteiger partial charge on any atom is 0.164 e. The Hall–Kier alpha value is -3.99. The van der Waals surface area contributed by atoms with Crippen LogP contribution < -0.4 is 0 Å². The van der Waals surface area contributed by atoms with E-state index in [-0.39, 0.29) is 47.9 Å². The molecule has 0 aliphatic carbocycles. The number of nitrogens with zero attached hydrogens (tertiary/aromatic N) is 1. The third kappa shape index (κ3) is 9.03. The fourth-order valence-corrected chi connectivity index (χ4v) is 7.11. The Bertz CT molecular complexity index is 2290. The zero-order valence-electron chi connectivity index (χ0n) is 35.0. The molecule has 55 heavy (non-hydrogen) atoms. The quantitative estimate of drug-likeness (QED) is 0.0796. The molecule has 0 bridgehead atoms. The molecule has 0 unspecified atom stereocenters. The number of aryl methyl sites for hydroxylation is 1. The average Bonchev–Trinajstić information content (AvgIpc) is 3.72. The summed E-state index contributed by atoms with van der Waals surface area (Å²) in [5.74, 6) is 1.71. The van der Waals surface area contributed by atoms with Gasteiger partial charge in [-0.15, -0.1) is 29.1 Å². The molecule has 0 spiro atoms. The molecule has 0 aliphatic heterocycles. The van der Waals surface area contributed by atoms with Crippen LogP contribution in [0.5, 0.6) is 0 Å². The van der Waals surface area contributed by atoms with Crippen molar-refractivity contribution in [2.75, 3.05) is 0 Å². The molecule has 0 atom stereocenters. The van der Waals surface area contributed by atoms with Gasteiger partial charge in [0.2, 0.25) is 0 Å². The van der Waals surface area contributed by atoms with Crippen LogP contribution in [0.2, 0.25) is 0 Å². The number of aromatic nitrogens is 1. The Morgan fingerprint density at radius 2 is 1.53 bits per heavy atom. The number of pyridine rings is 1. The van der Waals surface area contributed by atoms with E-state index in [0.29, 0.717) is 5.92 Å². The molecule has 3 aromatic heterocycles. The van der Waals surface area contributed by atoms with Crippen molar-refractivity contribution in [3.8, 4) is 22.6 Å². The van der Waals surface area contributed by atoms with Crippen molar-refractivity contribution in [2.24, 2.45) is 16.7 Å². The molecule has 1 radical (unpaired) electrons. The number of carbonyl (C=O) groups is 1. The van der Waals surface area contributed by atoms with Gasteiger partial charge in [0.05, 0.1) is 5.56 Å². The largest absolute Gasteiger partial charge is 0.512 e. The summed E-state index contributed by atoms with van der Waals surface area (Å²) in [6, 6.07) is 22.8. The molecule has 3 heterocycles. The average molecular weight is 919 g/mol. The second kappa shape index (κ2) is 17.4. The van der Waals surface area contributed by atoms with Crippen molar-refractivity contribution in [1.29, 1.82) is 0 Å². The molecular weight excluding hydrogens is 859 g/mol. The van der Waals surface area contributed by atoms with E-state index in [2.05, 4.69) is 96.1 Å². The first-order valence-corrected chi connectivity index (χ1v) is 19.8. The normalized spacial score (nSPS) is 12.6. The molecule has 0 aliphatic rings. The van der Waals surface area contributed by atoms with Crippen molar-refractivity contribution < 1.29 is 38.8 Å². The Labute approximate surface area is 342 Å². The SMILES string of the molecule is CCC(C)(CC)C(=O)/C=C(\O)C(C)(CC)CC.Cc1c(-c2coc3ccc(CC(C)C)cc23)oc2c(-c3[c-]c4ccccc4c(C(C)(C)C)c3)nccc12.[Ir]. The summed E-state index contributed by atoms with van der Waals surface area (Å²) < 4.78 is 12.6. The second-order valence-corrected chi connectivity index (χ2v) is 17.0. The minimum absolute atomic E-state index is 0. The van der Waals surface area contributed by atoms with Crippen LogP contribution in [-0.2, 0) is 36.7 Å². The summed E-state index contributed by atoms with van der Waals surface area (Å²) in [5, 5.41) is 14.6. The monoisotopic (exact) mass is 919 g/mol. The third-order valence-corrected chi connectivity index (χ3v) is 11.8. The van der Waals surface area contributed by atoms with E-state index in [1.165, 1.54) is 22.6 Å². The molecule has 3 aromatic carbocycles. The van der Waals surface area contributed by atoms with E-state index in [9.17, 15) is 9.90 Å². The zero-order valence-corrected chi connectivity index (χ0v) is 37.4. The molecule has 6 aromatic rings. The molecular formula is C49H60IrNO4-. The van der Waals surface area contributed by atoms with Gasteiger partial charge < -0.3 is 13.9 Å². The summed E-state index contributed by atoms with van der Waals surface area (Å²) in [6.45, 7) is 25.4. The number of fused-ring (bicyclic) bond motifs is 3. The van der Waals surface area contributed by atoms with Crippen LogP contribution in [0, 0.1) is 29.7 Å². The van der Waals surface area contributed by atoms with Crippen LogP contribution >= 0.6 is 0 Å². The second-order valence-electron chi connectivity index (χ2n) is 17.0. The van der Waals surface area contributed by atoms with E-state index in [4.69, 9.17) is 13.8 Å². The first kappa shape index (κ1) is 43.7. The fraction of sp³-hybridized carbons (Fsp3) is 0.429. The van der Waals surface area contributed by atoms with Gasteiger partial charge in [0.1, 0.15) is 28.9 Å². The van der Waals surface area contributed by atoms with Gasteiger partial charge in [-0.25, -0.2) is 0 Å². The molecule has 1 N–H and O–H groups in total. The van der Waals surface area contributed by atoms with Crippen molar-refractivity contribution in [1.82, 2.24) is 4.98 Å². The van der Waals surface area contributed by atoms with Gasteiger partial charge in [-0.3, -0.25) is 9.78 Å². The summed E-state index contributed by atoms with van der Waals surface area (Å²) in [6.07, 6.45) is 9.48. The molecule has 295 valence electrons. The number of allylic oxidation sites excluding steroid dienone is 2. The van der Waals surface area contributed by atoms with E-state index in [1.807, 2.05) is 60.1 Å². The van der Waals surface area contributed by atoms with Crippen LogP contribution in [0.15, 0.2) is 87.7 Å². The number of aliphatic hydroxyl groups is 1. The van der Waals surface area contributed by atoms with Gasteiger partial charge in [0.25, 0.3) is 0 Å². The molecule has 0 saturated heterocycles. The molecule has 0 fully saturated rings. The Kier molecular flexibility index (Phi) is 13.9. The van der Waals surface area contributed by atoms with Crippen molar-refractivity contribution >= 4 is 38.5 Å². The van der Waals surface area contributed by atoms with Gasteiger partial charge in [-0.05, 0) is 74.1 Å². The smallest absolute Gasteiger partial charge is 0.164 e. The maximum atomic E-state index is 12.2. The van der Waals surface area contributed by atoms with Gasteiger partial charge >= 0.3 is 0 Å². The standard InChI is InChI=1S/C34H32NO2.C15H28O2.Ir/c1-20(2)15-22-11-12-30-27(16-22)28(19-36-30)32-21(3)25-13-14-35-31(33(25)37-32)24-17-23-9-7-8-10-26(23)29(18-24)34(4,5)6;1-7-14(5,8-2)12(16)11-13(17)15(6,9-3)10-4;/h7-14,16,18-20H,15H2,1-6H3;11,16H,7-10H2,1-6H3;/q-1;;/b;12-11-;. The van der Waals surface area contributed by atoms with Gasteiger partial charge in [0, 0.05) is 65.2 Å². The van der Waals surface area contributed by atoms with E-state index in [1.54, 1.807) is 0 Å². The predicted molar refractivity (Wildman–Crippen MR) is 226 cm³/mol. The first-order valence-electron chi connectivity index (χ1n) is 19.8. The van der Waals surface area contributed by atoms with Crippen molar-refractivity contribution in [3.05, 3.63) is 102 Å². The number of benzene rings is 3. The Morgan fingerprint density at radius 3 is 2.15 bits per heavy atom. The minimum atomic E-state index is -0.337. The maximum absolute atomic E-state index is 12.2. The zero-order chi connectivity index (χ0) is 39.6. The first-order chi connectivity index (χ1) is 25.5. The van der Waals surface area contributed by atoms with Crippen LogP contribution in [-0.4, -0.2) is 15.9 Å². The Balaban J connectivity index is 0.000000320. The molecule has 6 heteroatoms. The molecule has 0 saturated carbocycles. The number of furan rings is 2. The van der Waals surface area contributed by atoms with Gasteiger partial charge in [-0.1, -0.05) is 111 Å². The summed E-state index contributed by atoms with van der Waals surface area (Å²) in [5.41, 5.74) is 7.46. The van der Waals surface area contributed by atoms with Gasteiger partial charge in [-0.2, -0.15) is 0 Å². The summed E-state index contributed by atoms with van der Waals surface area (Å²) in [4.78, 5) is 17.0. The number of carbonyl (C=O) groups excluding carboxylic acids is 1. The Morgan fingerprint density at radius 1 is 0.873 bits per heavy atom. The molecule has 6 rings (SSSR count). The van der Waals surface area contributed by atoms with E-state index >= 15 is 0 Å². The number of ketones is 1. The number of hydrogen-bond acceptors (Lipinski definition) is 5. The van der Waals surface area contributed by atoms with Crippen LogP contribution in [0.25, 0.3) is 55.3 Å². The van der Waals surface area contributed by atoms with Crippen LogP contribution in [0.3, 0.4) is 0 Å². The van der Waals surface area contributed by atoms with Crippen LogP contribution in [0.1, 0.15) is 119 Å². The van der Waals surface area contributed by atoms with E-state index in [0.717, 1.165) is 87.6 Å². The fourth-order valence-electron chi connectivity index (χ4n) is 7.11. The van der Waals surface area contributed by atoms with Gasteiger partial charge in [0.15, 0.2) is 5.78 Å². The predicted octanol–water partition coefficient (Wildman–Crippen LogP) is 14.3. The van der Waals surface area contributed by atoms with Crippen LogP contribution in [0.4, 0.5) is 0 Å². The van der Waals surface area contributed by atoms with E-state index < -0.39 is 0 Å². The number of hydrogen-bond donors (Lipinski definition) is 1.